The van der Waals surface area contributed by atoms with E-state index in [1.165, 1.54) is 26.3 Å². The Balaban J connectivity index is 4.13. The Hall–Kier alpha value is -0.492. The van der Waals surface area contributed by atoms with E-state index in [9.17, 15) is 4.79 Å². The first-order chi connectivity index (χ1) is 5.70. The van der Waals surface area contributed by atoms with Crippen molar-refractivity contribution in [3.8, 4) is 0 Å². The molecule has 66 valence electrons. The molecule has 0 atom stereocenters. The van der Waals surface area contributed by atoms with Crippen molar-refractivity contribution in [3.05, 3.63) is 23.9 Å². The Labute approximate surface area is 84.1 Å². The number of rotatable bonds is 4. The van der Waals surface area contributed by atoms with E-state index >= 15 is 0 Å². The van der Waals surface area contributed by atoms with Gasteiger partial charge in [-0.25, -0.2) is 0 Å². The molecule has 2 nitrogen and oxygen atoms in total. The normalized spacial score (nSPS) is 11.7. The Morgan fingerprint density at radius 3 is 2.67 bits per heavy atom. The third-order valence-corrected chi connectivity index (χ3v) is 2.01. The van der Waals surface area contributed by atoms with Crippen LogP contribution in [0.15, 0.2) is 23.9 Å². The van der Waals surface area contributed by atoms with Gasteiger partial charge >= 0.3 is 84.0 Å². The van der Waals surface area contributed by atoms with Gasteiger partial charge in [-0.15, -0.1) is 0 Å². The number of hydrogen-bond donors (Lipinski definition) is 1. The van der Waals surface area contributed by atoms with E-state index in [0.29, 0.717) is 0 Å². The predicted molar refractivity (Wildman–Crippen MR) is 47.4 cm³/mol. The summed E-state index contributed by atoms with van der Waals surface area (Å²) in [6.07, 6.45) is 6.91. The van der Waals surface area contributed by atoms with Crippen LogP contribution in [0.2, 0.25) is 0 Å². The van der Waals surface area contributed by atoms with Gasteiger partial charge in [0.1, 0.15) is 0 Å². The SMILES string of the molecule is CCC=CC=C([CH]=[W])NC(C)=O. The minimum atomic E-state index is -0.0244. The van der Waals surface area contributed by atoms with Gasteiger partial charge in [0, 0.05) is 0 Å². The van der Waals surface area contributed by atoms with E-state index in [-0.39, 0.29) is 5.91 Å². The molecule has 0 aliphatic heterocycles. The topological polar surface area (TPSA) is 29.1 Å². The molecule has 0 fully saturated rings. The second-order valence-corrected chi connectivity index (χ2v) is 3.10. The summed E-state index contributed by atoms with van der Waals surface area (Å²) < 4.78 is 1.95. The van der Waals surface area contributed by atoms with Crippen LogP contribution in [0, 0.1) is 0 Å². The Kier molecular flexibility index (Phi) is 6.88. The molecule has 0 aliphatic carbocycles. The zero-order chi connectivity index (χ0) is 9.40. The third kappa shape index (κ3) is 6.23. The quantitative estimate of drug-likeness (QED) is 0.772. The predicted octanol–water partition coefficient (Wildman–Crippen LogP) is 1.32. The van der Waals surface area contributed by atoms with Crippen LogP contribution < -0.4 is 5.32 Å². The van der Waals surface area contributed by atoms with Crippen LogP contribution in [0.3, 0.4) is 0 Å². The molecule has 1 N–H and O–H groups in total. The van der Waals surface area contributed by atoms with Crippen molar-refractivity contribution in [3.63, 3.8) is 0 Å². The van der Waals surface area contributed by atoms with Crippen molar-refractivity contribution in [2.75, 3.05) is 0 Å². The molecule has 0 aromatic carbocycles. The summed E-state index contributed by atoms with van der Waals surface area (Å²) in [6, 6.07) is 0. The van der Waals surface area contributed by atoms with Gasteiger partial charge in [0.15, 0.2) is 0 Å². The molecule has 0 aromatic heterocycles. The molecule has 0 aliphatic rings. The molecule has 0 saturated heterocycles. The fourth-order valence-corrected chi connectivity index (χ4v) is 1.12. The van der Waals surface area contributed by atoms with E-state index in [1.54, 1.807) is 0 Å². The van der Waals surface area contributed by atoms with Crippen LogP contribution in [0.25, 0.3) is 0 Å². The molecule has 0 rings (SSSR count). The fraction of sp³-hybridized carbons (Fsp3) is 0.333. The van der Waals surface area contributed by atoms with Crippen molar-refractivity contribution in [1.29, 1.82) is 0 Å². The summed E-state index contributed by atoms with van der Waals surface area (Å²) in [5, 5.41) is 2.72. The van der Waals surface area contributed by atoms with Crippen LogP contribution in [0.5, 0.6) is 0 Å². The van der Waals surface area contributed by atoms with Crippen LogP contribution in [-0.2, 0) is 24.1 Å². The van der Waals surface area contributed by atoms with Gasteiger partial charge in [-0.2, -0.15) is 0 Å². The number of amides is 1. The summed E-state index contributed by atoms with van der Waals surface area (Å²) in [5.41, 5.74) is 0.877. The van der Waals surface area contributed by atoms with Crippen LogP contribution in [0.4, 0.5) is 0 Å². The maximum atomic E-state index is 10.7. The first-order valence-corrected chi connectivity index (χ1v) is 5.49. The van der Waals surface area contributed by atoms with Gasteiger partial charge < -0.3 is 0 Å². The van der Waals surface area contributed by atoms with Crippen molar-refractivity contribution >= 4 is 10.3 Å². The average molecular weight is 335 g/mol. The molecule has 3 heteroatoms. The molecule has 0 aromatic rings. The second-order valence-electron chi connectivity index (χ2n) is 2.26. The van der Waals surface area contributed by atoms with Crippen LogP contribution in [0.1, 0.15) is 20.3 Å². The van der Waals surface area contributed by atoms with Gasteiger partial charge in [-0.3, -0.25) is 0 Å². The second kappa shape index (κ2) is 7.17. The third-order valence-electron chi connectivity index (χ3n) is 1.09. The summed E-state index contributed by atoms with van der Waals surface area (Å²) in [5.74, 6) is -0.0244. The number of allylic oxidation sites excluding steroid dienone is 4. The van der Waals surface area contributed by atoms with Gasteiger partial charge in [0.2, 0.25) is 0 Å². The van der Waals surface area contributed by atoms with Crippen molar-refractivity contribution in [1.82, 2.24) is 5.32 Å². The van der Waals surface area contributed by atoms with Crippen LogP contribution >= 0.6 is 0 Å². The van der Waals surface area contributed by atoms with E-state index in [2.05, 4.69) is 12.2 Å². The number of hydrogen-bond acceptors (Lipinski definition) is 1. The average Bonchev–Trinajstić information content (AvgIpc) is 2.02. The first kappa shape index (κ1) is 11.5. The van der Waals surface area contributed by atoms with Crippen molar-refractivity contribution in [2.24, 2.45) is 0 Å². The molecule has 0 radical (unpaired) electrons. The van der Waals surface area contributed by atoms with E-state index in [1.807, 2.05) is 22.6 Å². The molecule has 0 heterocycles. The molecular weight excluding hydrogens is 322 g/mol. The first-order valence-electron chi connectivity index (χ1n) is 3.80. The Morgan fingerprint density at radius 1 is 1.58 bits per heavy atom. The van der Waals surface area contributed by atoms with E-state index in [0.717, 1.165) is 12.1 Å². The molecule has 0 bridgehead atoms. The zero-order valence-electron chi connectivity index (χ0n) is 7.33. The summed E-state index contributed by atoms with van der Waals surface area (Å²) >= 11 is 1.33. The van der Waals surface area contributed by atoms with Gasteiger partial charge in [0.05, 0.1) is 0 Å². The summed E-state index contributed by atoms with van der Waals surface area (Å²) in [7, 11) is 0. The molecule has 0 unspecified atom stereocenters. The zero-order valence-corrected chi connectivity index (χ0v) is 10.3. The molecule has 0 spiro atoms. The van der Waals surface area contributed by atoms with Gasteiger partial charge in [0.25, 0.3) is 0 Å². The monoisotopic (exact) mass is 335 g/mol. The van der Waals surface area contributed by atoms with Gasteiger partial charge in [-0.1, -0.05) is 0 Å². The maximum absolute atomic E-state index is 10.7. The fourth-order valence-electron chi connectivity index (χ4n) is 0.621. The van der Waals surface area contributed by atoms with Gasteiger partial charge in [-0.05, 0) is 0 Å². The van der Waals surface area contributed by atoms with E-state index < -0.39 is 0 Å². The summed E-state index contributed by atoms with van der Waals surface area (Å²) in [6.45, 7) is 3.58. The molecule has 1 amide bonds. The molecular formula is C9H13NOW. The minimum absolute atomic E-state index is 0.0244. The Morgan fingerprint density at radius 2 is 2.25 bits per heavy atom. The van der Waals surface area contributed by atoms with Crippen molar-refractivity contribution in [2.45, 2.75) is 20.3 Å². The Bertz CT molecular complexity index is 219. The van der Waals surface area contributed by atoms with Crippen LogP contribution in [-0.4, -0.2) is 10.3 Å². The summed E-state index contributed by atoms with van der Waals surface area (Å²) in [4.78, 5) is 10.7. The standard InChI is InChI=1S/C9H13NO.W/c1-4-5-6-7-8(2)10-9(3)11;/h2,5-7H,4H2,1,3H3,(H,10,11);. The number of nitrogens with one attached hydrogen (secondary N) is 1. The van der Waals surface area contributed by atoms with Crippen molar-refractivity contribution < 1.29 is 24.1 Å². The van der Waals surface area contributed by atoms with E-state index in [4.69, 9.17) is 0 Å². The number of carbonyl (C=O) groups excluding carboxylic acids is 1. The molecule has 0 saturated carbocycles. The number of carbonyl (C=O) groups is 1. The molecule has 12 heavy (non-hydrogen) atoms.